The van der Waals surface area contributed by atoms with Gasteiger partial charge in [0, 0.05) is 15.6 Å². The molecule has 0 aromatic heterocycles. The van der Waals surface area contributed by atoms with Crippen molar-refractivity contribution in [2.45, 2.75) is 72.8 Å². The average Bonchev–Trinajstić information content (AvgIpc) is 2.52. The standard InChI is InChI=1S/C14H18BrFO.C7H15N/c1-9-6-10(2)17-8-14(9,3)12-7-11(15)4-5-13(12)16;1-5-6(8)7(2,3)4/h4-5,7,9-10H,6,8H2,1-3H3;8H,5H2,1-4H3. The van der Waals surface area contributed by atoms with Gasteiger partial charge in [-0.1, -0.05) is 57.5 Å². The molecule has 1 aromatic rings. The lowest BCUT2D eigenvalue weighted by Crippen LogP contribution is -2.43. The topological polar surface area (TPSA) is 33.1 Å². The first-order chi connectivity index (χ1) is 11.4. The van der Waals surface area contributed by atoms with Gasteiger partial charge in [-0.05, 0) is 54.9 Å². The first kappa shape index (κ1) is 22.3. The van der Waals surface area contributed by atoms with E-state index >= 15 is 0 Å². The summed E-state index contributed by atoms with van der Waals surface area (Å²) in [7, 11) is 0. The predicted molar refractivity (Wildman–Crippen MR) is 108 cm³/mol. The van der Waals surface area contributed by atoms with E-state index in [-0.39, 0.29) is 22.8 Å². The summed E-state index contributed by atoms with van der Waals surface area (Å²) < 4.78 is 20.6. The third kappa shape index (κ3) is 5.89. The van der Waals surface area contributed by atoms with Crippen molar-refractivity contribution in [3.8, 4) is 0 Å². The molecular formula is C21H33BrFNO. The lowest BCUT2D eigenvalue weighted by Gasteiger charge is -2.42. The fraction of sp³-hybridized carbons (Fsp3) is 0.667. The van der Waals surface area contributed by atoms with Crippen LogP contribution < -0.4 is 0 Å². The molecule has 1 fully saturated rings. The molecule has 1 aliphatic heterocycles. The summed E-state index contributed by atoms with van der Waals surface area (Å²) in [5, 5.41) is 7.39. The van der Waals surface area contributed by atoms with E-state index in [1.54, 1.807) is 6.07 Å². The minimum atomic E-state index is -0.236. The van der Waals surface area contributed by atoms with E-state index in [4.69, 9.17) is 10.1 Å². The van der Waals surface area contributed by atoms with Crippen LogP contribution >= 0.6 is 15.9 Å². The Kier molecular flexibility index (Phi) is 7.82. The van der Waals surface area contributed by atoms with Crippen LogP contribution in [0.15, 0.2) is 22.7 Å². The van der Waals surface area contributed by atoms with Crippen LogP contribution in [0.25, 0.3) is 0 Å². The predicted octanol–water partition coefficient (Wildman–Crippen LogP) is 6.75. The maximum Gasteiger partial charge on any atom is 0.127 e. The third-order valence-corrected chi connectivity index (χ3v) is 5.74. The molecule has 1 N–H and O–H groups in total. The molecule has 0 saturated carbocycles. The number of rotatable bonds is 2. The van der Waals surface area contributed by atoms with Crippen molar-refractivity contribution in [1.82, 2.24) is 0 Å². The van der Waals surface area contributed by atoms with Crippen molar-refractivity contribution < 1.29 is 9.13 Å². The minimum Gasteiger partial charge on any atom is -0.378 e. The molecule has 0 amide bonds. The Morgan fingerprint density at radius 3 is 2.40 bits per heavy atom. The quantitative estimate of drug-likeness (QED) is 0.534. The Morgan fingerprint density at radius 1 is 1.36 bits per heavy atom. The van der Waals surface area contributed by atoms with E-state index in [1.807, 2.05) is 13.0 Å². The van der Waals surface area contributed by atoms with Gasteiger partial charge in [0.05, 0.1) is 12.7 Å². The van der Waals surface area contributed by atoms with Crippen LogP contribution in [0.1, 0.15) is 66.9 Å². The van der Waals surface area contributed by atoms with Crippen LogP contribution in [0.2, 0.25) is 0 Å². The van der Waals surface area contributed by atoms with Crippen molar-refractivity contribution in [2.75, 3.05) is 6.61 Å². The second kappa shape index (κ2) is 8.77. The van der Waals surface area contributed by atoms with Crippen LogP contribution in [0, 0.1) is 22.6 Å². The van der Waals surface area contributed by atoms with Gasteiger partial charge in [0.1, 0.15) is 5.82 Å². The van der Waals surface area contributed by atoms with Crippen molar-refractivity contribution in [2.24, 2.45) is 11.3 Å². The molecule has 1 heterocycles. The average molecular weight is 414 g/mol. The summed E-state index contributed by atoms with van der Waals surface area (Å²) in [5.41, 5.74) is 1.44. The Hall–Kier alpha value is -0.740. The highest BCUT2D eigenvalue weighted by Gasteiger charge is 2.40. The number of hydrogen-bond donors (Lipinski definition) is 1. The number of ether oxygens (including phenoxy) is 1. The van der Waals surface area contributed by atoms with Crippen LogP contribution in [0.5, 0.6) is 0 Å². The maximum atomic E-state index is 14.0. The van der Waals surface area contributed by atoms with Crippen molar-refractivity contribution in [1.29, 1.82) is 5.41 Å². The summed E-state index contributed by atoms with van der Waals surface area (Å²) in [6.07, 6.45) is 2.12. The van der Waals surface area contributed by atoms with Gasteiger partial charge in [0.15, 0.2) is 0 Å². The second-order valence-corrected chi connectivity index (χ2v) is 9.30. The summed E-state index contributed by atoms with van der Waals surface area (Å²) in [4.78, 5) is 0. The van der Waals surface area contributed by atoms with E-state index < -0.39 is 0 Å². The molecule has 2 nitrogen and oxygen atoms in total. The zero-order valence-electron chi connectivity index (χ0n) is 16.7. The molecule has 4 heteroatoms. The molecule has 0 aliphatic carbocycles. The second-order valence-electron chi connectivity index (χ2n) is 8.38. The van der Waals surface area contributed by atoms with E-state index in [2.05, 4.69) is 57.5 Å². The van der Waals surface area contributed by atoms with Gasteiger partial charge in [0.25, 0.3) is 0 Å². The number of nitrogens with one attached hydrogen (secondary N) is 1. The molecule has 0 bridgehead atoms. The highest BCUT2D eigenvalue weighted by molar-refractivity contribution is 9.10. The lowest BCUT2D eigenvalue weighted by atomic mass is 9.69. The molecule has 1 aromatic carbocycles. The van der Waals surface area contributed by atoms with Gasteiger partial charge in [-0.2, -0.15) is 0 Å². The van der Waals surface area contributed by atoms with E-state index in [0.717, 1.165) is 28.6 Å². The molecule has 3 unspecified atom stereocenters. The van der Waals surface area contributed by atoms with Gasteiger partial charge >= 0.3 is 0 Å². The Morgan fingerprint density at radius 2 is 1.96 bits per heavy atom. The van der Waals surface area contributed by atoms with Crippen LogP contribution in [0.4, 0.5) is 4.39 Å². The molecule has 1 aliphatic rings. The monoisotopic (exact) mass is 413 g/mol. The molecule has 142 valence electrons. The zero-order valence-corrected chi connectivity index (χ0v) is 18.3. The molecule has 1 saturated heterocycles. The third-order valence-electron chi connectivity index (χ3n) is 5.24. The summed E-state index contributed by atoms with van der Waals surface area (Å²) in [5.74, 6) is 0.274. The highest BCUT2D eigenvalue weighted by atomic mass is 79.9. The maximum absolute atomic E-state index is 14.0. The molecule has 3 atom stereocenters. The Bertz CT molecular complexity index is 596. The summed E-state index contributed by atoms with van der Waals surface area (Å²) >= 11 is 3.41. The van der Waals surface area contributed by atoms with Gasteiger partial charge in [-0.25, -0.2) is 4.39 Å². The SMILES string of the molecule is CC1CC(C)C(C)(c2cc(Br)ccc2F)CO1.CCC(=N)C(C)(C)C. The number of halogens is 2. The first-order valence-corrected chi connectivity index (χ1v) is 9.86. The van der Waals surface area contributed by atoms with Crippen molar-refractivity contribution in [3.63, 3.8) is 0 Å². The molecule has 2 rings (SSSR count). The Balaban J connectivity index is 0.000000333. The van der Waals surface area contributed by atoms with Crippen LogP contribution in [-0.4, -0.2) is 18.4 Å². The Labute approximate surface area is 161 Å². The lowest BCUT2D eigenvalue weighted by molar-refractivity contribution is -0.0449. The fourth-order valence-corrected chi connectivity index (χ4v) is 3.45. The van der Waals surface area contributed by atoms with Gasteiger partial charge in [0.2, 0.25) is 0 Å². The van der Waals surface area contributed by atoms with Crippen molar-refractivity contribution in [3.05, 3.63) is 34.1 Å². The first-order valence-electron chi connectivity index (χ1n) is 9.06. The van der Waals surface area contributed by atoms with Crippen LogP contribution in [0.3, 0.4) is 0 Å². The number of benzene rings is 1. The summed E-state index contributed by atoms with van der Waals surface area (Å²) in [6, 6.07) is 5.14. The van der Waals surface area contributed by atoms with Gasteiger partial charge in [-0.3, -0.25) is 0 Å². The molecular weight excluding hydrogens is 381 g/mol. The fourth-order valence-electron chi connectivity index (χ4n) is 3.09. The highest BCUT2D eigenvalue weighted by Crippen LogP contribution is 2.41. The van der Waals surface area contributed by atoms with E-state index in [0.29, 0.717) is 12.5 Å². The van der Waals surface area contributed by atoms with Gasteiger partial charge < -0.3 is 10.1 Å². The van der Waals surface area contributed by atoms with Crippen LogP contribution in [-0.2, 0) is 10.2 Å². The zero-order chi connectivity index (χ0) is 19.4. The largest absolute Gasteiger partial charge is 0.378 e. The molecule has 25 heavy (non-hydrogen) atoms. The smallest absolute Gasteiger partial charge is 0.127 e. The normalized spacial score (nSPS) is 26.6. The molecule has 0 radical (unpaired) electrons. The number of hydrogen-bond acceptors (Lipinski definition) is 2. The van der Waals surface area contributed by atoms with Gasteiger partial charge in [-0.15, -0.1) is 0 Å². The minimum absolute atomic E-state index is 0.0920. The van der Waals surface area contributed by atoms with E-state index in [9.17, 15) is 4.39 Å². The van der Waals surface area contributed by atoms with E-state index in [1.165, 1.54) is 6.07 Å². The molecule has 0 spiro atoms. The summed E-state index contributed by atoms with van der Waals surface area (Å²) in [6.45, 7) is 15.2. The van der Waals surface area contributed by atoms with Crippen molar-refractivity contribution >= 4 is 21.6 Å².